The van der Waals surface area contributed by atoms with Crippen molar-refractivity contribution in [2.45, 2.75) is 0 Å². The van der Waals surface area contributed by atoms with Crippen molar-refractivity contribution >= 4 is 0 Å². The van der Waals surface area contributed by atoms with Crippen LogP contribution in [0.5, 0.6) is 0 Å². The van der Waals surface area contributed by atoms with Gasteiger partial charge in [-0.1, -0.05) is 0 Å². The molecule has 1 aliphatic heterocycles. The van der Waals surface area contributed by atoms with Gasteiger partial charge in [0.05, 0.1) is 15.9 Å². The summed E-state index contributed by atoms with van der Waals surface area (Å²) in [6, 6.07) is 0. The van der Waals surface area contributed by atoms with Gasteiger partial charge in [-0.25, -0.2) is 0 Å². The number of nitrogens with one attached hydrogen (secondary N) is 1. The average Bonchev–Trinajstić information content (AvgIpc) is 1.77. The zero-order valence-electron chi connectivity index (χ0n) is 7.32. The summed E-state index contributed by atoms with van der Waals surface area (Å²) >= 11 is 0. The highest BCUT2D eigenvalue weighted by molar-refractivity contribution is 4.49. The summed E-state index contributed by atoms with van der Waals surface area (Å²) in [5, 5.41) is 2.38. The second-order valence-corrected chi connectivity index (χ2v) is 1.00. The maximum absolute atomic E-state index is 7.08. The third kappa shape index (κ3) is 0.954. The third-order valence-electron chi connectivity index (χ3n) is 0.541. The predicted octanol–water partition coefficient (Wildman–Crippen LogP) is -0.394. The van der Waals surface area contributed by atoms with Gasteiger partial charge in [-0.05, 0) is 0 Å². The summed E-state index contributed by atoms with van der Waals surface area (Å²) in [6.07, 6.45) is 0. The molecule has 0 saturated carbocycles. The van der Waals surface area contributed by atoms with Crippen LogP contribution >= 0.6 is 0 Å². The molecule has 0 spiro atoms. The van der Waals surface area contributed by atoms with E-state index in [0.29, 0.717) is 6.54 Å². The Morgan fingerprint density at radius 1 is 1.83 bits per heavy atom. The lowest BCUT2D eigenvalue weighted by atomic mass is 10.5. The lowest BCUT2D eigenvalue weighted by Gasteiger charge is -2.10. The molecule has 0 bridgehead atoms. The van der Waals surface area contributed by atoms with E-state index in [4.69, 9.17) is 5.48 Å². The second-order valence-electron chi connectivity index (χ2n) is 1.00. The van der Waals surface area contributed by atoms with E-state index in [1.54, 1.807) is 0 Å². The van der Waals surface area contributed by atoms with Crippen molar-refractivity contribution in [3.63, 3.8) is 0 Å². The van der Waals surface area contributed by atoms with Gasteiger partial charge in [0.15, 0.2) is 0 Å². The van der Waals surface area contributed by atoms with Gasteiger partial charge in [-0.3, -0.25) is 0 Å². The van der Waals surface area contributed by atoms with Gasteiger partial charge in [0.25, 0.3) is 0 Å². The Morgan fingerprint density at radius 3 is 3.33 bits per heavy atom. The molecule has 0 amide bonds. The zero-order chi connectivity index (χ0) is 7.83. The van der Waals surface area contributed by atoms with Crippen LogP contribution in [0, 0.1) is 0 Å². The molecule has 1 N–H and O–H groups in total. The number of morpholine rings is 1. The fraction of sp³-hybridized carbons (Fsp3) is 1.00. The van der Waals surface area contributed by atoms with E-state index in [9.17, 15) is 0 Å². The molecule has 0 aromatic carbocycles. The summed E-state index contributed by atoms with van der Waals surface area (Å²) in [6.45, 7) is -3.70. The Labute approximate surface area is 43.1 Å². The Kier molecular flexibility index (Phi) is 0.524. The van der Waals surface area contributed by atoms with E-state index in [1.165, 1.54) is 0 Å². The molecule has 0 radical (unpaired) electrons. The van der Waals surface area contributed by atoms with Gasteiger partial charge in [-0.15, -0.1) is 0 Å². The summed E-state index contributed by atoms with van der Waals surface area (Å²) in [7, 11) is 0. The molecule has 1 heterocycles. The molecule has 0 aromatic rings. The quantitative estimate of drug-likeness (QED) is 0.438. The van der Waals surface area contributed by atoms with Crippen LogP contribution in [-0.2, 0) is 4.74 Å². The Morgan fingerprint density at radius 2 is 2.83 bits per heavy atom. The number of ether oxygens (including phenoxy) is 1. The van der Waals surface area contributed by atoms with E-state index in [-0.39, 0.29) is 6.61 Å². The minimum atomic E-state index is -2.20. The van der Waals surface area contributed by atoms with Crippen LogP contribution in [0.2, 0.25) is 0 Å². The van der Waals surface area contributed by atoms with Crippen molar-refractivity contribution in [1.82, 2.24) is 5.32 Å². The Hall–Kier alpha value is -0.0800. The van der Waals surface area contributed by atoms with Gasteiger partial charge in [0, 0.05) is 15.8 Å². The number of hydrogen-bond donors (Lipinski definition) is 1. The molecule has 36 valence electrons. The lowest BCUT2D eigenvalue weighted by Crippen LogP contribution is -2.30. The van der Waals surface area contributed by atoms with E-state index >= 15 is 0 Å². The fourth-order valence-electron chi connectivity index (χ4n) is 0.288. The van der Waals surface area contributed by atoms with Crippen molar-refractivity contribution in [1.29, 1.82) is 0 Å². The molecule has 1 fully saturated rings. The zero-order valence-corrected chi connectivity index (χ0v) is 3.32. The van der Waals surface area contributed by atoms with Gasteiger partial charge in [-0.2, -0.15) is 0 Å². The molecule has 1 saturated heterocycles. The fourth-order valence-corrected chi connectivity index (χ4v) is 0.288. The first-order valence-electron chi connectivity index (χ1n) is 3.85. The minimum Gasteiger partial charge on any atom is -0.379 e. The van der Waals surface area contributed by atoms with E-state index < -0.39 is 13.1 Å². The number of rotatable bonds is 0. The maximum Gasteiger partial charge on any atom is 0.0591 e. The van der Waals surface area contributed by atoms with E-state index in [2.05, 4.69) is 10.1 Å². The molecular weight excluding hydrogens is 78.0 g/mol. The van der Waals surface area contributed by atoms with Gasteiger partial charge in [0.1, 0.15) is 0 Å². The molecule has 1 rings (SSSR count). The normalized spacial score (nSPS) is 50.7. The van der Waals surface area contributed by atoms with Gasteiger partial charge in [0.2, 0.25) is 0 Å². The van der Waals surface area contributed by atoms with Crippen LogP contribution < -0.4 is 5.32 Å². The summed E-state index contributed by atoms with van der Waals surface area (Å²) in [5.41, 5.74) is 0. The van der Waals surface area contributed by atoms with Crippen LogP contribution in [0.1, 0.15) is 5.48 Å². The van der Waals surface area contributed by atoms with Gasteiger partial charge >= 0.3 is 0 Å². The second kappa shape index (κ2) is 2.16. The predicted molar refractivity (Wildman–Crippen MR) is 23.7 cm³/mol. The highest BCUT2D eigenvalue weighted by atomic mass is 16.5. The van der Waals surface area contributed by atoms with Crippen molar-refractivity contribution in [3.8, 4) is 0 Å². The third-order valence-corrected chi connectivity index (χ3v) is 0.541. The van der Waals surface area contributed by atoms with Crippen LogP contribution in [0.25, 0.3) is 0 Å². The molecule has 0 aliphatic carbocycles. The Balaban J connectivity index is 2.70. The molecule has 6 heavy (non-hydrogen) atoms. The number of hydrogen-bond acceptors (Lipinski definition) is 2. The molecule has 2 heteroatoms. The smallest absolute Gasteiger partial charge is 0.0591 e. The standard InChI is InChI=1S/C4H9NO/c1-3-6-4-2-5-1/h5H,1-4H2/i1D2,3D2. The SMILES string of the molecule is [2H]C1([2H])NCCOC1([2H])[2H]. The van der Waals surface area contributed by atoms with Crippen molar-refractivity contribution < 1.29 is 10.2 Å². The topological polar surface area (TPSA) is 21.3 Å². The molecule has 0 aromatic heterocycles. The van der Waals surface area contributed by atoms with Crippen LogP contribution in [0.3, 0.4) is 0 Å². The molecular formula is C4H9NO. The first-order valence-corrected chi connectivity index (χ1v) is 1.85. The molecule has 0 unspecified atom stereocenters. The van der Waals surface area contributed by atoms with Crippen molar-refractivity contribution in [3.05, 3.63) is 0 Å². The molecule has 2 nitrogen and oxygen atoms in total. The van der Waals surface area contributed by atoms with Crippen molar-refractivity contribution in [2.75, 3.05) is 26.2 Å². The summed E-state index contributed by atoms with van der Waals surface area (Å²) in [5.74, 6) is 0. The summed E-state index contributed by atoms with van der Waals surface area (Å²) in [4.78, 5) is 0. The maximum atomic E-state index is 7.08. The average molecular weight is 91.1 g/mol. The highest BCUT2D eigenvalue weighted by Crippen LogP contribution is 1.76. The molecule has 0 atom stereocenters. The summed E-state index contributed by atoms with van der Waals surface area (Å²) < 4.78 is 32.8. The highest BCUT2D eigenvalue weighted by Gasteiger charge is 1.92. The van der Waals surface area contributed by atoms with Crippen LogP contribution in [0.15, 0.2) is 0 Å². The lowest BCUT2D eigenvalue weighted by molar-refractivity contribution is 0.109. The first-order chi connectivity index (χ1) is 4.46. The largest absolute Gasteiger partial charge is 0.379 e. The monoisotopic (exact) mass is 91.1 g/mol. The van der Waals surface area contributed by atoms with Crippen LogP contribution in [0.4, 0.5) is 0 Å². The van der Waals surface area contributed by atoms with E-state index in [0.717, 1.165) is 0 Å². The Bertz CT molecular complexity index is 121. The minimum absolute atomic E-state index is 0.215. The van der Waals surface area contributed by atoms with E-state index in [1.807, 2.05) is 0 Å². The molecule has 1 aliphatic rings. The van der Waals surface area contributed by atoms with Crippen molar-refractivity contribution in [2.24, 2.45) is 0 Å². The first kappa shape index (κ1) is 1.46. The van der Waals surface area contributed by atoms with Crippen LogP contribution in [-0.4, -0.2) is 26.2 Å². The van der Waals surface area contributed by atoms with Gasteiger partial charge < -0.3 is 10.1 Å².